The highest BCUT2D eigenvalue weighted by Crippen LogP contribution is 2.42. The number of fused-ring (bicyclic) bond motifs is 6. The largest absolute Gasteiger partial charge is 0.310 e. The van der Waals surface area contributed by atoms with Gasteiger partial charge in [0.25, 0.3) is 0 Å². The third-order valence-corrected chi connectivity index (χ3v) is 12.0. The number of thiophene rings is 2. The van der Waals surface area contributed by atoms with E-state index in [1.807, 2.05) is 28.7 Å². The van der Waals surface area contributed by atoms with Crippen LogP contribution in [0.2, 0.25) is 0 Å². The summed E-state index contributed by atoms with van der Waals surface area (Å²) in [6.45, 7) is 6.08. The van der Waals surface area contributed by atoms with E-state index in [1.54, 1.807) is 0 Å². The number of hydrogen-bond donors (Lipinski definition) is 0. The maximum atomic E-state index is 4.03. The van der Waals surface area contributed by atoms with E-state index < -0.39 is 0 Å². The standard InChI is InChI=1S/C49H36N2S2/c1-3-12-36(13-4-2)50(40-28-30-44-42-16-8-10-18-46(42)52-48(44)32-40)38-24-20-34(21-25-38)35-22-26-39(27-23-35)51(37-14-6-5-7-15-37)41-29-31-45-43-17-9-11-19-47(43)53-49(45)33-41/h3-33H,1H2,2H3/b13-4-,36-12+. The molecule has 0 radical (unpaired) electrons. The van der Waals surface area contributed by atoms with Crippen LogP contribution in [0.3, 0.4) is 0 Å². The van der Waals surface area contributed by atoms with Crippen molar-refractivity contribution < 1.29 is 0 Å². The average Bonchev–Trinajstić information content (AvgIpc) is 3.77. The second kappa shape index (κ2) is 14.1. The number of benzene rings is 7. The molecule has 4 heteroatoms. The van der Waals surface area contributed by atoms with Gasteiger partial charge in [0.1, 0.15) is 0 Å². The van der Waals surface area contributed by atoms with E-state index in [0.717, 1.165) is 34.1 Å². The number of nitrogens with zero attached hydrogens (tertiary/aromatic N) is 2. The molecular formula is C49H36N2S2. The molecule has 53 heavy (non-hydrogen) atoms. The highest BCUT2D eigenvalue weighted by molar-refractivity contribution is 7.26. The van der Waals surface area contributed by atoms with Gasteiger partial charge >= 0.3 is 0 Å². The van der Waals surface area contributed by atoms with Crippen LogP contribution in [-0.4, -0.2) is 0 Å². The summed E-state index contributed by atoms with van der Waals surface area (Å²) in [5.74, 6) is 0. The van der Waals surface area contributed by atoms with Crippen molar-refractivity contribution in [3.8, 4) is 11.1 Å². The van der Waals surface area contributed by atoms with Gasteiger partial charge in [0.2, 0.25) is 0 Å². The molecule has 0 aliphatic rings. The molecule has 0 bridgehead atoms. The molecule has 2 aromatic heterocycles. The fourth-order valence-corrected chi connectivity index (χ4v) is 9.56. The van der Waals surface area contributed by atoms with Crippen LogP contribution < -0.4 is 9.80 Å². The van der Waals surface area contributed by atoms with Crippen molar-refractivity contribution in [2.75, 3.05) is 9.80 Å². The van der Waals surface area contributed by atoms with Crippen LogP contribution in [-0.2, 0) is 0 Å². The van der Waals surface area contributed by atoms with Gasteiger partial charge in [0.05, 0.1) is 0 Å². The number of hydrogen-bond acceptors (Lipinski definition) is 4. The normalized spacial score (nSPS) is 12.0. The molecule has 7 aromatic carbocycles. The SMILES string of the molecule is C=C/C=C(\C=C/C)N(c1ccc(-c2ccc(N(c3ccccc3)c3ccc4c(c3)sc3ccccc34)cc2)cc1)c1ccc2c(c1)sc1ccccc12. The molecule has 0 aliphatic carbocycles. The zero-order valence-corrected chi connectivity index (χ0v) is 30.9. The fourth-order valence-electron chi connectivity index (χ4n) is 7.28. The van der Waals surface area contributed by atoms with Crippen LogP contribution in [0.15, 0.2) is 200 Å². The Kier molecular flexibility index (Phi) is 8.68. The average molecular weight is 717 g/mol. The number of para-hydroxylation sites is 1. The summed E-state index contributed by atoms with van der Waals surface area (Å²) in [7, 11) is 0. The fraction of sp³-hybridized carbons (Fsp3) is 0.0204. The first-order valence-corrected chi connectivity index (χ1v) is 19.5. The minimum absolute atomic E-state index is 1.05. The van der Waals surface area contributed by atoms with E-state index in [2.05, 4.69) is 205 Å². The lowest BCUT2D eigenvalue weighted by atomic mass is 10.0. The van der Waals surface area contributed by atoms with E-state index >= 15 is 0 Å². The van der Waals surface area contributed by atoms with E-state index in [0.29, 0.717) is 0 Å². The molecular weight excluding hydrogens is 681 g/mol. The molecule has 0 unspecified atom stereocenters. The number of allylic oxidation sites excluding steroid dienone is 4. The Labute approximate surface area is 318 Å². The van der Waals surface area contributed by atoms with E-state index in [1.165, 1.54) is 51.5 Å². The molecule has 0 spiro atoms. The van der Waals surface area contributed by atoms with Gasteiger partial charge in [-0.2, -0.15) is 0 Å². The van der Waals surface area contributed by atoms with E-state index in [9.17, 15) is 0 Å². The lowest BCUT2D eigenvalue weighted by molar-refractivity contribution is 1.21. The van der Waals surface area contributed by atoms with Crippen LogP contribution in [0, 0.1) is 0 Å². The molecule has 0 saturated carbocycles. The van der Waals surface area contributed by atoms with Crippen molar-refractivity contribution in [2.45, 2.75) is 6.92 Å². The highest BCUT2D eigenvalue weighted by Gasteiger charge is 2.17. The summed E-state index contributed by atoms with van der Waals surface area (Å²) >= 11 is 3.69. The van der Waals surface area contributed by atoms with Gasteiger partial charge < -0.3 is 9.80 Å². The van der Waals surface area contributed by atoms with Crippen molar-refractivity contribution in [3.63, 3.8) is 0 Å². The predicted molar refractivity (Wildman–Crippen MR) is 234 cm³/mol. The van der Waals surface area contributed by atoms with Crippen LogP contribution in [0.25, 0.3) is 51.5 Å². The smallest absolute Gasteiger partial charge is 0.0476 e. The quantitative estimate of drug-likeness (QED) is 0.137. The maximum Gasteiger partial charge on any atom is 0.0476 e. The molecule has 9 rings (SSSR count). The molecule has 2 nitrogen and oxygen atoms in total. The van der Waals surface area contributed by atoms with Gasteiger partial charge in [-0.05, 0) is 103 Å². The van der Waals surface area contributed by atoms with Crippen LogP contribution in [0.4, 0.5) is 28.4 Å². The molecule has 9 aromatic rings. The van der Waals surface area contributed by atoms with Crippen molar-refractivity contribution in [1.29, 1.82) is 0 Å². The monoisotopic (exact) mass is 716 g/mol. The number of rotatable bonds is 9. The minimum atomic E-state index is 1.05. The molecule has 0 amide bonds. The van der Waals surface area contributed by atoms with E-state index in [-0.39, 0.29) is 0 Å². The molecule has 254 valence electrons. The molecule has 0 fully saturated rings. The van der Waals surface area contributed by atoms with Gasteiger partial charge in [-0.25, -0.2) is 0 Å². The zero-order chi connectivity index (χ0) is 35.7. The Hall–Kier alpha value is -6.20. The minimum Gasteiger partial charge on any atom is -0.310 e. The van der Waals surface area contributed by atoms with Crippen LogP contribution >= 0.6 is 22.7 Å². The van der Waals surface area contributed by atoms with Crippen molar-refractivity contribution in [2.24, 2.45) is 0 Å². The molecule has 0 saturated heterocycles. The van der Waals surface area contributed by atoms with Crippen LogP contribution in [0.5, 0.6) is 0 Å². The molecule has 0 aliphatic heterocycles. The Bertz CT molecular complexity index is 2800. The first-order valence-electron chi connectivity index (χ1n) is 17.8. The first-order chi connectivity index (χ1) is 26.2. The Morgan fingerprint density at radius 3 is 1.53 bits per heavy atom. The zero-order valence-electron chi connectivity index (χ0n) is 29.3. The third kappa shape index (κ3) is 6.12. The van der Waals surface area contributed by atoms with Crippen LogP contribution in [0.1, 0.15) is 6.92 Å². The van der Waals surface area contributed by atoms with Crippen molar-refractivity contribution in [3.05, 3.63) is 200 Å². The summed E-state index contributed by atoms with van der Waals surface area (Å²) < 4.78 is 5.19. The number of anilines is 5. The summed E-state index contributed by atoms with van der Waals surface area (Å²) in [5.41, 5.74) is 8.97. The lowest BCUT2D eigenvalue weighted by Gasteiger charge is -2.27. The predicted octanol–water partition coefficient (Wildman–Crippen LogP) is 15.3. The first kappa shape index (κ1) is 32.7. The second-order valence-corrected chi connectivity index (χ2v) is 15.2. The Balaban J connectivity index is 1.06. The third-order valence-electron chi connectivity index (χ3n) is 9.72. The lowest BCUT2D eigenvalue weighted by Crippen LogP contribution is -2.15. The van der Waals surface area contributed by atoms with Crippen molar-refractivity contribution >= 4 is 91.5 Å². The summed E-state index contributed by atoms with van der Waals surface area (Å²) in [6.07, 6.45) is 8.14. The Morgan fingerprint density at radius 2 is 0.943 bits per heavy atom. The molecule has 0 N–H and O–H groups in total. The summed E-state index contributed by atoms with van der Waals surface area (Å²) in [4.78, 5) is 4.65. The summed E-state index contributed by atoms with van der Waals surface area (Å²) in [5, 5.41) is 5.22. The molecule has 2 heterocycles. The Morgan fingerprint density at radius 1 is 0.472 bits per heavy atom. The summed E-state index contributed by atoms with van der Waals surface area (Å²) in [6, 6.07) is 59.4. The van der Waals surface area contributed by atoms with Gasteiger partial charge in [-0.3, -0.25) is 0 Å². The van der Waals surface area contributed by atoms with Gasteiger partial charge in [-0.1, -0.05) is 110 Å². The maximum absolute atomic E-state index is 4.03. The van der Waals surface area contributed by atoms with Gasteiger partial charge in [-0.15, -0.1) is 22.7 Å². The van der Waals surface area contributed by atoms with Gasteiger partial charge in [0, 0.05) is 74.5 Å². The second-order valence-electron chi connectivity index (χ2n) is 13.0. The topological polar surface area (TPSA) is 6.48 Å². The van der Waals surface area contributed by atoms with Gasteiger partial charge in [0.15, 0.2) is 0 Å². The van der Waals surface area contributed by atoms with E-state index in [4.69, 9.17) is 0 Å². The van der Waals surface area contributed by atoms with Crippen molar-refractivity contribution in [1.82, 2.24) is 0 Å². The highest BCUT2D eigenvalue weighted by atomic mass is 32.1. The molecule has 0 atom stereocenters.